The second-order valence-corrected chi connectivity index (χ2v) is 3.94. The van der Waals surface area contributed by atoms with E-state index in [4.69, 9.17) is 0 Å². The number of hydrogen-bond acceptors (Lipinski definition) is 2. The van der Waals surface area contributed by atoms with Crippen molar-refractivity contribution in [3.63, 3.8) is 0 Å². The van der Waals surface area contributed by atoms with Gasteiger partial charge in [-0.3, -0.25) is 0 Å². The minimum Gasteiger partial charge on any atom is -0.512 e. The largest absolute Gasteiger partial charge is 0.512 e. The number of unbranched alkanes of at least 4 members (excludes halogenated alkanes) is 2. The van der Waals surface area contributed by atoms with Crippen molar-refractivity contribution in [1.82, 2.24) is 0 Å². The predicted molar refractivity (Wildman–Crippen MR) is 64.9 cm³/mol. The molecule has 0 aromatic rings. The summed E-state index contributed by atoms with van der Waals surface area (Å²) in [6.45, 7) is 5.60. The molecule has 15 heavy (non-hydrogen) atoms. The topological polar surface area (TPSA) is 40.5 Å². The fraction of sp³-hybridized carbons (Fsp3) is 0.692. The molecule has 0 fully saturated rings. The van der Waals surface area contributed by atoms with E-state index in [0.29, 0.717) is 5.76 Å². The molecule has 0 bridgehead atoms. The van der Waals surface area contributed by atoms with Crippen molar-refractivity contribution in [1.29, 1.82) is 0 Å². The Bertz CT molecular complexity index is 185. The van der Waals surface area contributed by atoms with Gasteiger partial charge in [-0.2, -0.15) is 0 Å². The average Bonchev–Trinajstić information content (AvgIpc) is 2.18. The third-order valence-electron chi connectivity index (χ3n) is 2.40. The van der Waals surface area contributed by atoms with Gasteiger partial charge in [0.15, 0.2) is 0 Å². The highest BCUT2D eigenvalue weighted by Crippen LogP contribution is 2.11. The van der Waals surface area contributed by atoms with Crippen LogP contribution in [0.5, 0.6) is 0 Å². The summed E-state index contributed by atoms with van der Waals surface area (Å²) in [5.74, 6) is 0.402. The van der Waals surface area contributed by atoms with E-state index < -0.39 is 0 Å². The first-order valence-electron chi connectivity index (χ1n) is 5.89. The van der Waals surface area contributed by atoms with Crippen LogP contribution in [-0.2, 0) is 0 Å². The fourth-order valence-corrected chi connectivity index (χ4v) is 1.56. The van der Waals surface area contributed by atoms with Gasteiger partial charge in [-0.05, 0) is 25.3 Å². The van der Waals surface area contributed by atoms with Crippen molar-refractivity contribution in [3.8, 4) is 0 Å². The molecule has 2 heteroatoms. The molecule has 0 aliphatic heterocycles. The van der Waals surface area contributed by atoms with Crippen LogP contribution in [0.4, 0.5) is 0 Å². The second-order valence-electron chi connectivity index (χ2n) is 3.94. The zero-order valence-corrected chi connectivity index (χ0v) is 9.78. The van der Waals surface area contributed by atoms with Crippen molar-refractivity contribution in [2.75, 3.05) is 0 Å². The number of aliphatic hydroxyl groups excluding tert-OH is 2. The normalized spacial score (nSPS) is 13.9. The maximum Gasteiger partial charge on any atom is 0.0922 e. The van der Waals surface area contributed by atoms with Gasteiger partial charge in [0.2, 0.25) is 0 Å². The van der Waals surface area contributed by atoms with E-state index in [1.54, 1.807) is 12.2 Å². The van der Waals surface area contributed by atoms with Crippen LogP contribution in [-0.4, -0.2) is 16.3 Å². The lowest BCUT2D eigenvalue weighted by Gasteiger charge is -2.08. The van der Waals surface area contributed by atoms with E-state index >= 15 is 0 Å². The molecular weight excluding hydrogens is 188 g/mol. The van der Waals surface area contributed by atoms with Gasteiger partial charge in [0, 0.05) is 6.42 Å². The first-order valence-corrected chi connectivity index (χ1v) is 5.89. The SMILES string of the molecule is C=CC=C(O)CCCCCC(O)CCC. The molecule has 1 unspecified atom stereocenters. The quantitative estimate of drug-likeness (QED) is 0.347. The average molecular weight is 212 g/mol. The maximum absolute atomic E-state index is 9.47. The molecule has 1 atom stereocenters. The van der Waals surface area contributed by atoms with Crippen LogP contribution in [0.3, 0.4) is 0 Å². The Hall–Kier alpha value is -0.760. The molecule has 0 aliphatic carbocycles. The van der Waals surface area contributed by atoms with Crippen LogP contribution >= 0.6 is 0 Å². The van der Waals surface area contributed by atoms with Crippen molar-refractivity contribution in [2.45, 2.75) is 58.0 Å². The van der Waals surface area contributed by atoms with Gasteiger partial charge in [0.05, 0.1) is 11.9 Å². The number of allylic oxidation sites excluding steroid dienone is 3. The second kappa shape index (κ2) is 9.78. The van der Waals surface area contributed by atoms with Crippen LogP contribution in [0.25, 0.3) is 0 Å². The van der Waals surface area contributed by atoms with Gasteiger partial charge in [-0.15, -0.1) is 0 Å². The summed E-state index contributed by atoms with van der Waals surface area (Å²) in [7, 11) is 0. The summed E-state index contributed by atoms with van der Waals surface area (Å²) >= 11 is 0. The third kappa shape index (κ3) is 9.54. The van der Waals surface area contributed by atoms with Gasteiger partial charge >= 0.3 is 0 Å². The lowest BCUT2D eigenvalue weighted by Crippen LogP contribution is -2.04. The summed E-state index contributed by atoms with van der Waals surface area (Å²) in [4.78, 5) is 0. The molecule has 0 saturated heterocycles. The van der Waals surface area contributed by atoms with Crippen LogP contribution in [0.2, 0.25) is 0 Å². The molecule has 0 aromatic heterocycles. The number of rotatable bonds is 9. The van der Waals surface area contributed by atoms with E-state index in [1.807, 2.05) is 0 Å². The molecular formula is C13H24O2. The lowest BCUT2D eigenvalue weighted by atomic mass is 10.1. The van der Waals surface area contributed by atoms with E-state index in [2.05, 4.69) is 13.5 Å². The zero-order valence-electron chi connectivity index (χ0n) is 9.78. The molecule has 0 aliphatic rings. The molecule has 88 valence electrons. The Labute approximate surface area is 93.3 Å². The molecule has 0 rings (SSSR count). The summed E-state index contributed by atoms with van der Waals surface area (Å²) < 4.78 is 0. The highest BCUT2D eigenvalue weighted by atomic mass is 16.3. The number of hydrogen-bond donors (Lipinski definition) is 2. The van der Waals surface area contributed by atoms with Crippen LogP contribution < -0.4 is 0 Å². The standard InChI is InChI=1S/C13H24O2/c1-3-8-12(14)10-6-5-7-11-13(15)9-4-2/h3,8,13-15H,1,4-7,9-11H2,2H3. The molecule has 0 aromatic carbocycles. The fourth-order valence-electron chi connectivity index (χ4n) is 1.56. The Morgan fingerprint density at radius 3 is 2.60 bits per heavy atom. The maximum atomic E-state index is 9.47. The molecule has 0 amide bonds. The van der Waals surface area contributed by atoms with E-state index in [-0.39, 0.29) is 6.10 Å². The molecule has 0 saturated carbocycles. The lowest BCUT2D eigenvalue weighted by molar-refractivity contribution is 0.150. The van der Waals surface area contributed by atoms with Gasteiger partial charge in [-0.25, -0.2) is 0 Å². The molecule has 0 heterocycles. The monoisotopic (exact) mass is 212 g/mol. The minimum atomic E-state index is -0.132. The van der Waals surface area contributed by atoms with E-state index in [1.165, 1.54) is 0 Å². The highest BCUT2D eigenvalue weighted by molar-refractivity contribution is 5.02. The molecule has 2 nitrogen and oxygen atoms in total. The zero-order chi connectivity index (χ0) is 11.5. The van der Waals surface area contributed by atoms with Crippen LogP contribution in [0, 0.1) is 0 Å². The van der Waals surface area contributed by atoms with Crippen LogP contribution in [0.1, 0.15) is 51.9 Å². The third-order valence-corrected chi connectivity index (χ3v) is 2.40. The van der Waals surface area contributed by atoms with Gasteiger partial charge in [0.1, 0.15) is 0 Å². The first kappa shape index (κ1) is 14.2. The summed E-state index contributed by atoms with van der Waals surface area (Å²) in [5.41, 5.74) is 0. The summed E-state index contributed by atoms with van der Waals surface area (Å²) in [5, 5.41) is 18.8. The predicted octanol–water partition coefficient (Wildman–Crippen LogP) is 3.73. The molecule has 2 N–H and O–H groups in total. The molecule has 0 radical (unpaired) electrons. The van der Waals surface area contributed by atoms with E-state index in [9.17, 15) is 10.2 Å². The Kier molecular flexibility index (Phi) is 9.29. The van der Waals surface area contributed by atoms with Crippen LogP contribution in [0.15, 0.2) is 24.5 Å². The highest BCUT2D eigenvalue weighted by Gasteiger charge is 2.01. The van der Waals surface area contributed by atoms with Crippen molar-refractivity contribution < 1.29 is 10.2 Å². The number of aliphatic hydroxyl groups is 2. The first-order chi connectivity index (χ1) is 7.20. The summed E-state index contributed by atoms with van der Waals surface area (Å²) in [6, 6.07) is 0. The van der Waals surface area contributed by atoms with Crippen molar-refractivity contribution >= 4 is 0 Å². The van der Waals surface area contributed by atoms with Gasteiger partial charge in [-0.1, -0.05) is 38.8 Å². The molecule has 0 spiro atoms. The minimum absolute atomic E-state index is 0.132. The van der Waals surface area contributed by atoms with Gasteiger partial charge in [0.25, 0.3) is 0 Å². The van der Waals surface area contributed by atoms with Crippen molar-refractivity contribution in [3.05, 3.63) is 24.5 Å². The Morgan fingerprint density at radius 2 is 2.00 bits per heavy atom. The Morgan fingerprint density at radius 1 is 1.27 bits per heavy atom. The smallest absolute Gasteiger partial charge is 0.0922 e. The van der Waals surface area contributed by atoms with Gasteiger partial charge < -0.3 is 10.2 Å². The Balaban J connectivity index is 3.31. The summed E-state index contributed by atoms with van der Waals surface area (Å²) in [6.07, 6.45) is 9.74. The van der Waals surface area contributed by atoms with E-state index in [0.717, 1.165) is 44.9 Å². The van der Waals surface area contributed by atoms with Crippen molar-refractivity contribution in [2.24, 2.45) is 0 Å².